The van der Waals surface area contributed by atoms with Gasteiger partial charge in [-0.3, -0.25) is 0 Å². The van der Waals surface area contributed by atoms with E-state index < -0.39 is 0 Å². The number of aryl methyl sites for hydroxylation is 2. The molecule has 0 aliphatic rings. The number of rotatable bonds is 16. The van der Waals surface area contributed by atoms with Crippen LogP contribution in [-0.4, -0.2) is 0 Å². The molecular formula is C26H46. The van der Waals surface area contributed by atoms with Crippen molar-refractivity contribution in [2.24, 2.45) is 11.8 Å². The average Bonchev–Trinajstić information content (AvgIpc) is 2.60. The molecule has 0 heteroatoms. The third-order valence-electron chi connectivity index (χ3n) is 5.52. The lowest BCUT2D eigenvalue weighted by atomic mass is 10.00. The molecule has 0 fully saturated rings. The average molecular weight is 359 g/mol. The van der Waals surface area contributed by atoms with Gasteiger partial charge in [0.1, 0.15) is 0 Å². The van der Waals surface area contributed by atoms with Gasteiger partial charge in [-0.1, -0.05) is 116 Å². The van der Waals surface area contributed by atoms with Crippen LogP contribution in [0.15, 0.2) is 24.3 Å². The van der Waals surface area contributed by atoms with Gasteiger partial charge in [-0.25, -0.2) is 0 Å². The number of hydrogen-bond donors (Lipinski definition) is 0. The first-order chi connectivity index (χ1) is 12.6. The molecule has 0 unspecified atom stereocenters. The molecule has 0 bridgehead atoms. The number of unbranched alkanes of at least 4 members (excludes halogenated alkanes) is 8. The van der Waals surface area contributed by atoms with Crippen molar-refractivity contribution in [3.63, 3.8) is 0 Å². The minimum Gasteiger partial charge on any atom is -0.0628 e. The first kappa shape index (κ1) is 23.3. The monoisotopic (exact) mass is 358 g/mol. The van der Waals surface area contributed by atoms with Crippen molar-refractivity contribution in [3.8, 4) is 0 Å². The normalized spacial score (nSPS) is 11.6. The highest BCUT2D eigenvalue weighted by molar-refractivity contribution is 5.22. The molecule has 0 saturated heterocycles. The van der Waals surface area contributed by atoms with E-state index in [9.17, 15) is 0 Å². The Balaban J connectivity index is 2.01. The first-order valence-corrected chi connectivity index (χ1v) is 11.7. The third-order valence-corrected chi connectivity index (χ3v) is 5.52. The Kier molecular flexibility index (Phi) is 13.7. The van der Waals surface area contributed by atoms with Gasteiger partial charge in [-0.05, 0) is 48.6 Å². The summed E-state index contributed by atoms with van der Waals surface area (Å²) < 4.78 is 0. The molecule has 0 N–H and O–H groups in total. The largest absolute Gasteiger partial charge is 0.0628 e. The van der Waals surface area contributed by atoms with Crippen LogP contribution < -0.4 is 0 Å². The van der Waals surface area contributed by atoms with E-state index in [0.29, 0.717) is 0 Å². The van der Waals surface area contributed by atoms with Crippen LogP contribution in [0.25, 0.3) is 0 Å². The van der Waals surface area contributed by atoms with Crippen molar-refractivity contribution >= 4 is 0 Å². The summed E-state index contributed by atoms with van der Waals surface area (Å²) in [5.41, 5.74) is 3.06. The topological polar surface area (TPSA) is 0 Å². The molecule has 0 atom stereocenters. The first-order valence-electron chi connectivity index (χ1n) is 11.7. The van der Waals surface area contributed by atoms with E-state index in [1.54, 1.807) is 0 Å². The summed E-state index contributed by atoms with van der Waals surface area (Å²) in [4.78, 5) is 0. The van der Waals surface area contributed by atoms with Gasteiger partial charge in [0, 0.05) is 0 Å². The molecule has 0 aromatic heterocycles. The lowest BCUT2D eigenvalue weighted by Crippen LogP contribution is -1.91. The lowest BCUT2D eigenvalue weighted by Gasteiger charge is -2.06. The molecular weight excluding hydrogens is 312 g/mol. The van der Waals surface area contributed by atoms with Crippen molar-refractivity contribution < 1.29 is 0 Å². The van der Waals surface area contributed by atoms with E-state index in [-0.39, 0.29) is 0 Å². The fourth-order valence-corrected chi connectivity index (χ4v) is 3.70. The molecule has 1 aromatic rings. The van der Waals surface area contributed by atoms with Crippen LogP contribution in [0.4, 0.5) is 0 Å². The van der Waals surface area contributed by atoms with Crippen molar-refractivity contribution in [1.29, 1.82) is 0 Å². The van der Waals surface area contributed by atoms with Crippen molar-refractivity contribution in [2.45, 2.75) is 118 Å². The van der Waals surface area contributed by atoms with E-state index in [4.69, 9.17) is 0 Å². The third kappa shape index (κ3) is 13.4. The van der Waals surface area contributed by atoms with E-state index in [1.807, 2.05) is 0 Å². The van der Waals surface area contributed by atoms with Gasteiger partial charge in [0.15, 0.2) is 0 Å². The van der Waals surface area contributed by atoms with Crippen LogP contribution in [-0.2, 0) is 12.8 Å². The second kappa shape index (κ2) is 15.3. The maximum Gasteiger partial charge on any atom is -0.0279 e. The van der Waals surface area contributed by atoms with Gasteiger partial charge in [0.05, 0.1) is 0 Å². The van der Waals surface area contributed by atoms with Crippen LogP contribution >= 0.6 is 0 Å². The van der Waals surface area contributed by atoms with Crippen LogP contribution in [0.1, 0.15) is 116 Å². The highest BCUT2D eigenvalue weighted by atomic mass is 14.0. The molecule has 0 amide bonds. The highest BCUT2D eigenvalue weighted by Gasteiger charge is 1.99. The molecule has 150 valence electrons. The van der Waals surface area contributed by atoms with Crippen LogP contribution in [0.3, 0.4) is 0 Å². The quantitative estimate of drug-likeness (QED) is 0.259. The van der Waals surface area contributed by atoms with Crippen LogP contribution in [0.5, 0.6) is 0 Å². The van der Waals surface area contributed by atoms with Crippen molar-refractivity contribution in [2.75, 3.05) is 0 Å². The number of benzene rings is 1. The summed E-state index contributed by atoms with van der Waals surface area (Å²) in [6.07, 6.45) is 19.4. The summed E-state index contributed by atoms with van der Waals surface area (Å²) in [7, 11) is 0. The van der Waals surface area contributed by atoms with Gasteiger partial charge < -0.3 is 0 Å². The fourth-order valence-electron chi connectivity index (χ4n) is 3.70. The Morgan fingerprint density at radius 3 is 1.12 bits per heavy atom. The smallest absolute Gasteiger partial charge is 0.0279 e. The van der Waals surface area contributed by atoms with E-state index in [0.717, 1.165) is 11.8 Å². The van der Waals surface area contributed by atoms with Gasteiger partial charge in [-0.15, -0.1) is 0 Å². The van der Waals surface area contributed by atoms with Crippen LogP contribution in [0, 0.1) is 11.8 Å². The molecule has 1 rings (SSSR count). The maximum absolute atomic E-state index is 2.37. The maximum atomic E-state index is 2.37. The van der Waals surface area contributed by atoms with Gasteiger partial charge in [0.25, 0.3) is 0 Å². The molecule has 1 aromatic carbocycles. The summed E-state index contributed by atoms with van der Waals surface area (Å²) in [6, 6.07) is 9.49. The Morgan fingerprint density at radius 2 is 0.769 bits per heavy atom. The van der Waals surface area contributed by atoms with E-state index in [2.05, 4.69) is 52.0 Å². The summed E-state index contributed by atoms with van der Waals surface area (Å²) in [5.74, 6) is 1.75. The molecule has 0 radical (unpaired) electrons. The predicted molar refractivity (Wildman–Crippen MR) is 119 cm³/mol. The zero-order valence-corrected chi connectivity index (χ0v) is 18.4. The standard InChI is InChI=1S/C26H46/c1-23(2)15-11-7-5-9-13-17-25-19-21-26(22-20-25)18-14-10-6-8-12-16-24(3)4/h19-24H,5-18H2,1-4H3. The molecule has 0 aliphatic carbocycles. The molecule has 0 nitrogen and oxygen atoms in total. The van der Waals surface area contributed by atoms with Crippen molar-refractivity contribution in [3.05, 3.63) is 35.4 Å². The minimum atomic E-state index is 0.874. The van der Waals surface area contributed by atoms with E-state index in [1.165, 1.54) is 101 Å². The zero-order chi connectivity index (χ0) is 19.0. The minimum absolute atomic E-state index is 0.874. The number of hydrogen-bond acceptors (Lipinski definition) is 0. The van der Waals surface area contributed by atoms with Gasteiger partial charge >= 0.3 is 0 Å². The van der Waals surface area contributed by atoms with Crippen LogP contribution in [0.2, 0.25) is 0 Å². The summed E-state index contributed by atoms with van der Waals surface area (Å²) in [5, 5.41) is 0. The SMILES string of the molecule is CC(C)CCCCCCCc1ccc(CCCCCCCC(C)C)cc1. The predicted octanol–water partition coefficient (Wildman–Crippen LogP) is 8.76. The van der Waals surface area contributed by atoms with E-state index >= 15 is 0 Å². The van der Waals surface area contributed by atoms with Crippen molar-refractivity contribution in [1.82, 2.24) is 0 Å². The second-order valence-electron chi connectivity index (χ2n) is 9.22. The Morgan fingerprint density at radius 1 is 0.462 bits per heavy atom. The fraction of sp³-hybridized carbons (Fsp3) is 0.769. The highest BCUT2D eigenvalue weighted by Crippen LogP contribution is 2.15. The second-order valence-corrected chi connectivity index (χ2v) is 9.22. The molecule has 0 heterocycles. The Bertz CT molecular complexity index is 371. The van der Waals surface area contributed by atoms with Gasteiger partial charge in [-0.2, -0.15) is 0 Å². The summed E-state index contributed by atoms with van der Waals surface area (Å²) >= 11 is 0. The summed E-state index contributed by atoms with van der Waals surface area (Å²) in [6.45, 7) is 9.32. The molecule has 26 heavy (non-hydrogen) atoms. The molecule has 0 saturated carbocycles. The Hall–Kier alpha value is -0.780. The Labute approximate surface area is 165 Å². The molecule has 0 aliphatic heterocycles. The van der Waals surface area contributed by atoms with Gasteiger partial charge in [0.2, 0.25) is 0 Å². The lowest BCUT2D eigenvalue weighted by molar-refractivity contribution is 0.515. The molecule has 0 spiro atoms. The zero-order valence-electron chi connectivity index (χ0n) is 18.4.